The average Bonchev–Trinajstić information content (AvgIpc) is 2.42. The SMILES string of the molecule is CC(C)c1ccc(C(C)N(CCCC(=O)O)C(C)C)cc1. The van der Waals surface area contributed by atoms with E-state index in [1.54, 1.807) is 0 Å². The fraction of sp³-hybridized carbons (Fsp3) is 0.611. The van der Waals surface area contributed by atoms with Gasteiger partial charge in [-0.1, -0.05) is 38.1 Å². The fourth-order valence-electron chi connectivity index (χ4n) is 2.66. The molecule has 0 aliphatic heterocycles. The number of carbonyl (C=O) groups is 1. The highest BCUT2D eigenvalue weighted by atomic mass is 16.4. The minimum Gasteiger partial charge on any atom is -0.481 e. The van der Waals surface area contributed by atoms with Gasteiger partial charge in [-0.05, 0) is 50.8 Å². The van der Waals surface area contributed by atoms with E-state index in [1.807, 2.05) is 0 Å². The van der Waals surface area contributed by atoms with Crippen molar-refractivity contribution in [2.45, 2.75) is 65.5 Å². The van der Waals surface area contributed by atoms with Gasteiger partial charge in [0.2, 0.25) is 0 Å². The molecule has 0 radical (unpaired) electrons. The minimum atomic E-state index is -0.715. The van der Waals surface area contributed by atoms with Crippen LogP contribution in [0, 0.1) is 0 Å². The number of benzene rings is 1. The van der Waals surface area contributed by atoms with Crippen LogP contribution < -0.4 is 0 Å². The van der Waals surface area contributed by atoms with Crippen LogP contribution in [0.15, 0.2) is 24.3 Å². The smallest absolute Gasteiger partial charge is 0.303 e. The molecule has 0 bridgehead atoms. The van der Waals surface area contributed by atoms with Crippen LogP contribution in [-0.2, 0) is 4.79 Å². The summed E-state index contributed by atoms with van der Waals surface area (Å²) in [7, 11) is 0. The molecule has 1 unspecified atom stereocenters. The Morgan fingerprint density at radius 3 is 2.00 bits per heavy atom. The van der Waals surface area contributed by atoms with Crippen molar-refractivity contribution < 1.29 is 9.90 Å². The molecule has 0 saturated carbocycles. The van der Waals surface area contributed by atoms with Crippen molar-refractivity contribution >= 4 is 5.97 Å². The first-order chi connectivity index (χ1) is 9.82. The molecule has 0 saturated heterocycles. The largest absolute Gasteiger partial charge is 0.481 e. The average molecular weight is 291 g/mol. The highest BCUT2D eigenvalue weighted by Crippen LogP contribution is 2.25. The number of carboxylic acids is 1. The Bertz CT molecular complexity index is 437. The van der Waals surface area contributed by atoms with Crippen molar-refractivity contribution in [3.05, 3.63) is 35.4 Å². The molecule has 0 spiro atoms. The molecule has 118 valence electrons. The minimum absolute atomic E-state index is 0.238. The van der Waals surface area contributed by atoms with Crippen LogP contribution in [0.2, 0.25) is 0 Å². The van der Waals surface area contributed by atoms with E-state index in [2.05, 4.69) is 63.8 Å². The lowest BCUT2D eigenvalue weighted by Gasteiger charge is -2.33. The van der Waals surface area contributed by atoms with Crippen LogP contribution in [0.1, 0.15) is 70.5 Å². The molecule has 1 rings (SSSR count). The summed E-state index contributed by atoms with van der Waals surface area (Å²) >= 11 is 0. The molecular weight excluding hydrogens is 262 g/mol. The lowest BCUT2D eigenvalue weighted by molar-refractivity contribution is -0.137. The predicted molar refractivity (Wildman–Crippen MR) is 87.7 cm³/mol. The van der Waals surface area contributed by atoms with Crippen molar-refractivity contribution in [3.63, 3.8) is 0 Å². The second-order valence-electron chi connectivity index (χ2n) is 6.33. The number of rotatable bonds is 8. The van der Waals surface area contributed by atoms with Crippen LogP contribution in [0.5, 0.6) is 0 Å². The van der Waals surface area contributed by atoms with Gasteiger partial charge in [0.25, 0.3) is 0 Å². The van der Waals surface area contributed by atoms with Gasteiger partial charge in [0.15, 0.2) is 0 Å². The van der Waals surface area contributed by atoms with Crippen molar-refractivity contribution in [1.82, 2.24) is 4.90 Å². The maximum absolute atomic E-state index is 10.7. The zero-order valence-corrected chi connectivity index (χ0v) is 14.0. The molecular formula is C18H29NO2. The molecule has 0 fully saturated rings. The quantitative estimate of drug-likeness (QED) is 0.769. The summed E-state index contributed by atoms with van der Waals surface area (Å²) in [5.41, 5.74) is 2.65. The van der Waals surface area contributed by atoms with Crippen LogP contribution in [0.25, 0.3) is 0 Å². The van der Waals surface area contributed by atoms with E-state index in [4.69, 9.17) is 5.11 Å². The Labute approximate surface area is 129 Å². The highest BCUT2D eigenvalue weighted by Gasteiger charge is 2.18. The Kier molecular flexibility index (Phi) is 6.90. The molecule has 0 aromatic heterocycles. The van der Waals surface area contributed by atoms with Crippen LogP contribution in [0.3, 0.4) is 0 Å². The number of hydrogen-bond donors (Lipinski definition) is 1. The molecule has 0 aliphatic rings. The van der Waals surface area contributed by atoms with E-state index in [1.165, 1.54) is 11.1 Å². The first-order valence-electron chi connectivity index (χ1n) is 7.90. The summed E-state index contributed by atoms with van der Waals surface area (Å²) in [5.74, 6) is -0.168. The molecule has 3 nitrogen and oxygen atoms in total. The van der Waals surface area contributed by atoms with E-state index in [0.29, 0.717) is 24.4 Å². The third-order valence-corrected chi connectivity index (χ3v) is 4.05. The fourth-order valence-corrected chi connectivity index (χ4v) is 2.66. The van der Waals surface area contributed by atoms with E-state index in [0.717, 1.165) is 6.54 Å². The summed E-state index contributed by atoms with van der Waals surface area (Å²) in [4.78, 5) is 13.0. The second-order valence-corrected chi connectivity index (χ2v) is 6.33. The topological polar surface area (TPSA) is 40.5 Å². The van der Waals surface area contributed by atoms with Gasteiger partial charge in [0.05, 0.1) is 0 Å². The van der Waals surface area contributed by atoms with E-state index < -0.39 is 5.97 Å². The zero-order valence-electron chi connectivity index (χ0n) is 14.0. The number of nitrogens with zero attached hydrogens (tertiary/aromatic N) is 1. The molecule has 1 atom stereocenters. The Balaban J connectivity index is 2.75. The van der Waals surface area contributed by atoms with Crippen molar-refractivity contribution in [1.29, 1.82) is 0 Å². The van der Waals surface area contributed by atoms with E-state index in [9.17, 15) is 4.79 Å². The Hall–Kier alpha value is -1.35. The summed E-state index contributed by atoms with van der Waals surface area (Å²) in [6.45, 7) is 11.7. The van der Waals surface area contributed by atoms with Gasteiger partial charge in [0.1, 0.15) is 0 Å². The maximum Gasteiger partial charge on any atom is 0.303 e. The third-order valence-electron chi connectivity index (χ3n) is 4.05. The Morgan fingerprint density at radius 1 is 1.05 bits per heavy atom. The zero-order chi connectivity index (χ0) is 16.0. The second kappa shape index (κ2) is 8.18. The monoisotopic (exact) mass is 291 g/mol. The van der Waals surface area contributed by atoms with Gasteiger partial charge < -0.3 is 5.11 Å². The van der Waals surface area contributed by atoms with Gasteiger partial charge in [-0.15, -0.1) is 0 Å². The number of hydrogen-bond acceptors (Lipinski definition) is 2. The van der Waals surface area contributed by atoms with Gasteiger partial charge in [0, 0.05) is 18.5 Å². The third kappa shape index (κ3) is 5.50. The van der Waals surface area contributed by atoms with Gasteiger partial charge in [-0.25, -0.2) is 0 Å². The first kappa shape index (κ1) is 17.7. The molecule has 1 N–H and O–H groups in total. The van der Waals surface area contributed by atoms with E-state index >= 15 is 0 Å². The molecule has 21 heavy (non-hydrogen) atoms. The lowest BCUT2D eigenvalue weighted by atomic mass is 9.98. The van der Waals surface area contributed by atoms with Gasteiger partial charge in [-0.3, -0.25) is 9.69 Å². The summed E-state index contributed by atoms with van der Waals surface area (Å²) in [5, 5.41) is 8.78. The van der Waals surface area contributed by atoms with Crippen molar-refractivity contribution in [2.24, 2.45) is 0 Å². The van der Waals surface area contributed by atoms with Crippen LogP contribution in [-0.4, -0.2) is 28.6 Å². The van der Waals surface area contributed by atoms with Crippen LogP contribution in [0.4, 0.5) is 0 Å². The van der Waals surface area contributed by atoms with Gasteiger partial charge >= 0.3 is 5.97 Å². The summed E-state index contributed by atoms with van der Waals surface area (Å²) < 4.78 is 0. The molecule has 3 heteroatoms. The molecule has 1 aromatic rings. The number of carboxylic acid groups (broad SMARTS) is 1. The van der Waals surface area contributed by atoms with Crippen molar-refractivity contribution in [2.75, 3.05) is 6.54 Å². The summed E-state index contributed by atoms with van der Waals surface area (Å²) in [6, 6.07) is 9.51. The van der Waals surface area contributed by atoms with Gasteiger partial charge in [-0.2, -0.15) is 0 Å². The standard InChI is InChI=1S/C18H29NO2/c1-13(2)16-8-10-17(11-9-16)15(5)19(14(3)4)12-6-7-18(20)21/h8-11,13-15H,6-7,12H2,1-5H3,(H,20,21). The lowest BCUT2D eigenvalue weighted by Crippen LogP contribution is -2.34. The Morgan fingerprint density at radius 2 is 1.57 bits per heavy atom. The van der Waals surface area contributed by atoms with Crippen molar-refractivity contribution in [3.8, 4) is 0 Å². The molecule has 0 heterocycles. The first-order valence-corrected chi connectivity index (χ1v) is 7.90. The predicted octanol–water partition coefficient (Wildman–Crippen LogP) is 4.45. The van der Waals surface area contributed by atoms with Crippen LogP contribution >= 0.6 is 0 Å². The highest BCUT2D eigenvalue weighted by molar-refractivity contribution is 5.66. The molecule has 0 amide bonds. The number of aliphatic carboxylic acids is 1. The summed E-state index contributed by atoms with van der Waals surface area (Å²) in [6.07, 6.45) is 0.935. The molecule has 0 aliphatic carbocycles. The molecule has 1 aromatic carbocycles. The maximum atomic E-state index is 10.7. The van der Waals surface area contributed by atoms with E-state index in [-0.39, 0.29) is 6.42 Å². The normalized spacial score (nSPS) is 13.1.